The van der Waals surface area contributed by atoms with Crippen LogP contribution >= 0.6 is 11.8 Å². The van der Waals surface area contributed by atoms with E-state index < -0.39 is 5.92 Å². The average Bonchev–Trinajstić information content (AvgIpc) is 2.94. The molecule has 1 aliphatic heterocycles. The summed E-state index contributed by atoms with van der Waals surface area (Å²) in [6.07, 6.45) is 2.06. The number of rotatable bonds is 6. The van der Waals surface area contributed by atoms with Gasteiger partial charge in [0, 0.05) is 46.7 Å². The predicted octanol–water partition coefficient (Wildman–Crippen LogP) is 5.73. The molecule has 1 aliphatic carbocycles. The molecule has 0 aromatic heterocycles. The number of hydrogen-bond donors (Lipinski definition) is 0. The van der Waals surface area contributed by atoms with E-state index in [2.05, 4.69) is 0 Å². The molecule has 6 heteroatoms. The highest BCUT2D eigenvalue weighted by Gasteiger charge is 2.37. The Bertz CT molecular complexity index is 1000. The first-order chi connectivity index (χ1) is 15.1. The topological polar surface area (TPSA) is 65.0 Å². The van der Waals surface area contributed by atoms with Crippen molar-refractivity contribution in [1.29, 1.82) is 0 Å². The Morgan fingerprint density at radius 3 is 2.48 bits per heavy atom. The van der Waals surface area contributed by atoms with E-state index in [0.717, 1.165) is 27.6 Å². The molecule has 31 heavy (non-hydrogen) atoms. The van der Waals surface area contributed by atoms with Crippen molar-refractivity contribution >= 4 is 34.7 Å². The number of nitrogens with zero attached hydrogens (tertiary/aromatic N) is 1. The Kier molecular flexibility index (Phi) is 6.76. The van der Waals surface area contributed by atoms with Crippen LogP contribution in [0.3, 0.4) is 0 Å². The zero-order chi connectivity index (χ0) is 21.8. The van der Waals surface area contributed by atoms with Gasteiger partial charge in [0.2, 0.25) is 0 Å². The predicted molar refractivity (Wildman–Crippen MR) is 123 cm³/mol. The summed E-state index contributed by atoms with van der Waals surface area (Å²) in [6.45, 7) is 5.03. The molecule has 1 fully saturated rings. The molecule has 0 spiro atoms. The normalized spacial score (nSPS) is 19.4. The van der Waals surface area contributed by atoms with Crippen LogP contribution in [-0.4, -0.2) is 30.5 Å². The van der Waals surface area contributed by atoms with E-state index in [1.165, 1.54) is 0 Å². The third-order valence-corrected chi connectivity index (χ3v) is 6.86. The zero-order valence-electron chi connectivity index (χ0n) is 17.9. The lowest BCUT2D eigenvalue weighted by atomic mass is 9.81. The highest BCUT2D eigenvalue weighted by molar-refractivity contribution is 7.99. The minimum Gasteiger partial charge on any atom is -0.494 e. The van der Waals surface area contributed by atoms with Crippen LogP contribution < -0.4 is 9.47 Å². The summed E-state index contributed by atoms with van der Waals surface area (Å²) in [4.78, 5) is 31.3. The number of hydrogen-bond acceptors (Lipinski definition) is 6. The van der Waals surface area contributed by atoms with Crippen molar-refractivity contribution in [1.82, 2.24) is 0 Å². The van der Waals surface area contributed by atoms with Crippen LogP contribution in [0.15, 0.2) is 52.4 Å². The fourth-order valence-corrected chi connectivity index (χ4v) is 5.46. The molecule has 0 bridgehead atoms. The first kappa shape index (κ1) is 21.6. The number of thioether (sulfide) groups is 1. The van der Waals surface area contributed by atoms with Crippen molar-refractivity contribution in [3.05, 3.63) is 48.0 Å². The molecule has 0 amide bonds. The monoisotopic (exact) mass is 437 g/mol. The number of ketones is 2. The van der Waals surface area contributed by atoms with Crippen LogP contribution in [0.4, 0.5) is 5.69 Å². The second kappa shape index (κ2) is 9.69. The smallest absolute Gasteiger partial charge is 0.149 e. The van der Waals surface area contributed by atoms with Crippen LogP contribution in [-0.2, 0) is 9.59 Å². The quantitative estimate of drug-likeness (QED) is 0.540. The molecule has 1 heterocycles. The third-order valence-electron chi connectivity index (χ3n) is 5.56. The molecule has 0 N–H and O–H groups in total. The summed E-state index contributed by atoms with van der Waals surface area (Å²) in [5.74, 6) is 0.803. The summed E-state index contributed by atoms with van der Waals surface area (Å²) < 4.78 is 11.6. The fourth-order valence-electron chi connectivity index (χ4n) is 4.18. The molecule has 4 rings (SSSR count). The van der Waals surface area contributed by atoms with Crippen molar-refractivity contribution < 1.29 is 19.1 Å². The second-order valence-electron chi connectivity index (χ2n) is 7.67. The molecule has 2 aliphatic rings. The maximum Gasteiger partial charge on any atom is 0.149 e. The average molecular weight is 438 g/mol. The van der Waals surface area contributed by atoms with E-state index in [0.29, 0.717) is 44.6 Å². The highest BCUT2D eigenvalue weighted by Crippen LogP contribution is 2.48. The van der Waals surface area contributed by atoms with E-state index in [-0.39, 0.29) is 16.8 Å². The maximum absolute atomic E-state index is 12.7. The Morgan fingerprint density at radius 1 is 1.00 bits per heavy atom. The van der Waals surface area contributed by atoms with Gasteiger partial charge in [0.1, 0.15) is 29.0 Å². The zero-order valence-corrected chi connectivity index (χ0v) is 18.7. The number of aliphatic imine (C=N–C) groups is 1. The van der Waals surface area contributed by atoms with Crippen LogP contribution in [0.2, 0.25) is 0 Å². The summed E-state index contributed by atoms with van der Waals surface area (Å²) in [5, 5.41) is -0.0258. The molecule has 1 atom stereocenters. The molecule has 2 aromatic carbocycles. The van der Waals surface area contributed by atoms with Gasteiger partial charge in [-0.1, -0.05) is 18.2 Å². The van der Waals surface area contributed by atoms with E-state index in [9.17, 15) is 9.59 Å². The van der Waals surface area contributed by atoms with Gasteiger partial charge in [-0.25, -0.2) is 0 Å². The summed E-state index contributed by atoms with van der Waals surface area (Å²) in [6, 6.07) is 13.8. The minimum atomic E-state index is -0.721. The lowest BCUT2D eigenvalue weighted by molar-refractivity contribution is -0.132. The number of ether oxygens (including phenoxy) is 2. The fraction of sp³-hybridized carbons (Fsp3) is 0.400. The van der Waals surface area contributed by atoms with Gasteiger partial charge in [0.05, 0.1) is 18.9 Å². The molecule has 2 aromatic rings. The van der Waals surface area contributed by atoms with Crippen LogP contribution in [0.1, 0.15) is 50.3 Å². The van der Waals surface area contributed by atoms with Gasteiger partial charge < -0.3 is 9.47 Å². The van der Waals surface area contributed by atoms with Gasteiger partial charge in [-0.3, -0.25) is 14.6 Å². The number of fused-ring (bicyclic) bond motifs is 1. The number of para-hydroxylation sites is 1. The molecule has 0 radical (unpaired) electrons. The van der Waals surface area contributed by atoms with Gasteiger partial charge in [-0.15, -0.1) is 11.8 Å². The van der Waals surface area contributed by atoms with E-state index >= 15 is 0 Å². The number of benzene rings is 2. The van der Waals surface area contributed by atoms with Crippen molar-refractivity contribution in [3.8, 4) is 11.5 Å². The summed E-state index contributed by atoms with van der Waals surface area (Å²) in [7, 11) is 0. The molecule has 1 saturated carbocycles. The van der Waals surface area contributed by atoms with Crippen LogP contribution in [0.25, 0.3) is 0 Å². The summed E-state index contributed by atoms with van der Waals surface area (Å²) in [5.41, 5.74) is 2.52. The van der Waals surface area contributed by atoms with Crippen molar-refractivity contribution in [2.45, 2.75) is 49.7 Å². The summed E-state index contributed by atoms with van der Waals surface area (Å²) >= 11 is 1.70. The van der Waals surface area contributed by atoms with Crippen molar-refractivity contribution in [3.63, 3.8) is 0 Å². The molecule has 5 nitrogen and oxygen atoms in total. The van der Waals surface area contributed by atoms with Crippen LogP contribution in [0, 0.1) is 5.92 Å². The van der Waals surface area contributed by atoms with Gasteiger partial charge >= 0.3 is 0 Å². The first-order valence-electron chi connectivity index (χ1n) is 10.9. The first-order valence-corrected chi connectivity index (χ1v) is 11.8. The molecular weight excluding hydrogens is 410 g/mol. The number of carbonyl (C=O) groups is 2. The number of Topliss-reactive ketones (excluding diaryl/α,β-unsaturated/α-hetero) is 2. The van der Waals surface area contributed by atoms with E-state index in [4.69, 9.17) is 14.5 Å². The molecular formula is C25H27NO4S. The molecule has 162 valence electrons. The van der Waals surface area contributed by atoms with Gasteiger partial charge in [-0.05, 0) is 38.5 Å². The van der Waals surface area contributed by atoms with E-state index in [1.54, 1.807) is 11.8 Å². The lowest BCUT2D eigenvalue weighted by Crippen LogP contribution is -2.35. The van der Waals surface area contributed by atoms with Crippen LogP contribution in [0.5, 0.6) is 11.5 Å². The SMILES string of the molecule is CCOc1ccc(C2CC(C3C(=O)CCCC3=O)=Nc3ccccc3S2)c(OCC)c1. The standard InChI is InChI=1S/C25H27NO4S/c1-3-29-16-12-13-17(22(14-16)30-4-2)24-15-19(25-20(27)9-7-10-21(25)28)26-18-8-5-6-11-23(18)31-24/h5-6,8,11-14,24-25H,3-4,7,9-10,15H2,1-2H3. The molecule has 1 unspecified atom stereocenters. The van der Waals surface area contributed by atoms with Crippen molar-refractivity contribution in [2.75, 3.05) is 13.2 Å². The molecule has 0 saturated heterocycles. The van der Waals surface area contributed by atoms with Crippen molar-refractivity contribution in [2.24, 2.45) is 10.9 Å². The minimum absolute atomic E-state index is 0.00476. The Morgan fingerprint density at radius 2 is 1.74 bits per heavy atom. The van der Waals surface area contributed by atoms with Gasteiger partial charge in [0.25, 0.3) is 0 Å². The Hall–Kier alpha value is -2.60. The highest BCUT2D eigenvalue weighted by atomic mass is 32.2. The van der Waals surface area contributed by atoms with E-state index in [1.807, 2.05) is 56.3 Å². The Labute approximate surface area is 187 Å². The largest absolute Gasteiger partial charge is 0.494 e. The third kappa shape index (κ3) is 4.69. The second-order valence-corrected chi connectivity index (χ2v) is 8.91. The lowest BCUT2D eigenvalue weighted by Gasteiger charge is -2.24. The van der Waals surface area contributed by atoms with Gasteiger partial charge in [0.15, 0.2) is 0 Å². The van der Waals surface area contributed by atoms with Gasteiger partial charge in [-0.2, -0.15) is 0 Å². The maximum atomic E-state index is 12.7. The number of carbonyl (C=O) groups excluding carboxylic acids is 2. The Balaban J connectivity index is 1.77.